The molecule has 1 fully saturated rings. The first kappa shape index (κ1) is 17.1. The van der Waals surface area contributed by atoms with Gasteiger partial charge in [0.2, 0.25) is 0 Å². The van der Waals surface area contributed by atoms with Crippen molar-refractivity contribution in [3.05, 3.63) is 34.7 Å². The molecular weight excluding hydrogens is 322 g/mol. The Hall–Kier alpha value is -1.76. The zero-order valence-electron chi connectivity index (χ0n) is 14.1. The number of nitrogens with one attached hydrogen (secondary N) is 2. The Balaban J connectivity index is 1.71. The van der Waals surface area contributed by atoms with E-state index in [1.165, 1.54) is 16.9 Å². The molecule has 2 aromatic rings. The van der Waals surface area contributed by atoms with Gasteiger partial charge in [0.15, 0.2) is 5.13 Å². The van der Waals surface area contributed by atoms with E-state index in [1.807, 2.05) is 6.92 Å². The zero-order chi connectivity index (χ0) is 16.9. The fourth-order valence-corrected chi connectivity index (χ4v) is 3.59. The van der Waals surface area contributed by atoms with Crippen LogP contribution in [0.1, 0.15) is 23.8 Å². The van der Waals surface area contributed by atoms with Gasteiger partial charge in [-0.1, -0.05) is 37.6 Å². The fourth-order valence-electron chi connectivity index (χ4n) is 2.76. The summed E-state index contributed by atoms with van der Waals surface area (Å²) in [5, 5.41) is 6.66. The number of hydrogen-bond donors (Lipinski definition) is 2. The molecule has 6 heteroatoms. The Labute approximate surface area is 146 Å². The molecule has 0 saturated carbocycles. The molecule has 1 atom stereocenters. The number of hydrogen-bond acceptors (Lipinski definition) is 5. The summed E-state index contributed by atoms with van der Waals surface area (Å²) >= 11 is 1.50. The number of aryl methyl sites for hydroxylation is 2. The van der Waals surface area contributed by atoms with E-state index < -0.39 is 6.10 Å². The van der Waals surface area contributed by atoms with E-state index in [-0.39, 0.29) is 5.91 Å². The van der Waals surface area contributed by atoms with Gasteiger partial charge in [0.05, 0.1) is 12.3 Å². The van der Waals surface area contributed by atoms with E-state index in [9.17, 15) is 4.79 Å². The average Bonchev–Trinajstić information content (AvgIpc) is 2.97. The van der Waals surface area contributed by atoms with Crippen LogP contribution in [0.3, 0.4) is 0 Å². The fraction of sp³-hybridized carbons (Fsp3) is 0.444. The minimum Gasteiger partial charge on any atom is -0.366 e. The molecule has 1 aromatic heterocycles. The molecule has 1 aliphatic rings. The van der Waals surface area contributed by atoms with E-state index in [2.05, 4.69) is 46.8 Å². The average molecular weight is 345 g/mol. The number of ether oxygens (including phenoxy) is 1. The molecule has 2 N–H and O–H groups in total. The number of carbonyl (C=O) groups is 1. The summed E-state index contributed by atoms with van der Waals surface area (Å²) in [6, 6.07) is 8.51. The second-order valence-electron chi connectivity index (χ2n) is 5.92. The first-order valence-corrected chi connectivity index (χ1v) is 9.19. The maximum atomic E-state index is 12.2. The standard InChI is InChI=1S/C18H23N3O2S/c1-3-4-13-5-7-14(8-6-13)16-12(2)24-18(20-16)21-17(22)15-11-19-9-10-23-15/h5-8,15,19H,3-4,9-11H2,1-2H3,(H,20,21,22). The SMILES string of the molecule is CCCc1ccc(-c2nc(NC(=O)C3CNCCO3)sc2C)cc1. The molecule has 1 amide bonds. The highest BCUT2D eigenvalue weighted by molar-refractivity contribution is 7.16. The quantitative estimate of drug-likeness (QED) is 0.874. The number of morpholine rings is 1. The number of thiazole rings is 1. The Kier molecular flexibility index (Phi) is 5.60. The summed E-state index contributed by atoms with van der Waals surface area (Å²) in [7, 11) is 0. The van der Waals surface area contributed by atoms with Crippen molar-refractivity contribution in [1.82, 2.24) is 10.3 Å². The van der Waals surface area contributed by atoms with E-state index in [4.69, 9.17) is 4.74 Å². The minimum atomic E-state index is -0.445. The highest BCUT2D eigenvalue weighted by Gasteiger charge is 2.23. The van der Waals surface area contributed by atoms with Gasteiger partial charge in [0.25, 0.3) is 5.91 Å². The van der Waals surface area contributed by atoms with Crippen LogP contribution in [0.4, 0.5) is 5.13 Å². The van der Waals surface area contributed by atoms with Gasteiger partial charge in [0, 0.05) is 23.5 Å². The number of nitrogens with zero attached hydrogens (tertiary/aromatic N) is 1. The molecule has 1 saturated heterocycles. The van der Waals surface area contributed by atoms with Gasteiger partial charge in [-0.15, -0.1) is 11.3 Å². The third-order valence-electron chi connectivity index (χ3n) is 4.01. The van der Waals surface area contributed by atoms with E-state index in [0.717, 1.165) is 35.5 Å². The van der Waals surface area contributed by atoms with E-state index in [1.54, 1.807) is 0 Å². The molecule has 0 aliphatic carbocycles. The molecule has 1 aromatic carbocycles. The van der Waals surface area contributed by atoms with E-state index in [0.29, 0.717) is 18.3 Å². The number of amides is 1. The van der Waals surface area contributed by atoms with Gasteiger partial charge < -0.3 is 10.1 Å². The Morgan fingerprint density at radius 1 is 1.42 bits per heavy atom. The minimum absolute atomic E-state index is 0.138. The highest BCUT2D eigenvalue weighted by atomic mass is 32.1. The normalized spacial score (nSPS) is 17.7. The zero-order valence-corrected chi connectivity index (χ0v) is 14.9. The van der Waals surface area contributed by atoms with Crippen LogP contribution >= 0.6 is 11.3 Å². The molecule has 24 heavy (non-hydrogen) atoms. The first-order valence-electron chi connectivity index (χ1n) is 8.37. The largest absolute Gasteiger partial charge is 0.366 e. The third kappa shape index (κ3) is 4.01. The number of carbonyl (C=O) groups excluding carboxylic acids is 1. The number of benzene rings is 1. The van der Waals surface area contributed by atoms with Crippen molar-refractivity contribution in [3.8, 4) is 11.3 Å². The summed E-state index contributed by atoms with van der Waals surface area (Å²) in [4.78, 5) is 17.9. The smallest absolute Gasteiger partial charge is 0.256 e. The van der Waals surface area contributed by atoms with Crippen LogP contribution < -0.4 is 10.6 Å². The maximum absolute atomic E-state index is 12.2. The third-order valence-corrected chi connectivity index (χ3v) is 4.90. The lowest BCUT2D eigenvalue weighted by atomic mass is 10.1. The summed E-state index contributed by atoms with van der Waals surface area (Å²) in [5.74, 6) is -0.138. The molecule has 5 nitrogen and oxygen atoms in total. The van der Waals surface area contributed by atoms with Gasteiger partial charge >= 0.3 is 0 Å². The van der Waals surface area contributed by atoms with E-state index >= 15 is 0 Å². The maximum Gasteiger partial charge on any atom is 0.256 e. The lowest BCUT2D eigenvalue weighted by molar-refractivity contribution is -0.128. The second kappa shape index (κ2) is 7.88. The van der Waals surface area contributed by atoms with Crippen LogP contribution in [0.2, 0.25) is 0 Å². The lowest BCUT2D eigenvalue weighted by Crippen LogP contribution is -2.45. The molecule has 1 unspecified atom stereocenters. The highest BCUT2D eigenvalue weighted by Crippen LogP contribution is 2.30. The molecule has 0 spiro atoms. The van der Waals surface area contributed by atoms with Crippen LogP contribution in [0.25, 0.3) is 11.3 Å². The first-order chi connectivity index (χ1) is 11.7. The monoisotopic (exact) mass is 345 g/mol. The lowest BCUT2D eigenvalue weighted by Gasteiger charge is -2.22. The van der Waals surface area contributed by atoms with Gasteiger partial charge in [-0.3, -0.25) is 10.1 Å². The van der Waals surface area contributed by atoms with Gasteiger partial charge in [-0.05, 0) is 18.9 Å². The summed E-state index contributed by atoms with van der Waals surface area (Å²) in [6.45, 7) is 6.10. The Morgan fingerprint density at radius 3 is 2.88 bits per heavy atom. The second-order valence-corrected chi connectivity index (χ2v) is 7.13. The van der Waals surface area contributed by atoms with Crippen LogP contribution in [0.5, 0.6) is 0 Å². The van der Waals surface area contributed by atoms with Crippen molar-refractivity contribution in [2.45, 2.75) is 32.8 Å². The summed E-state index contributed by atoms with van der Waals surface area (Å²) in [6.07, 6.45) is 1.79. The molecule has 3 rings (SSSR count). The number of rotatable bonds is 5. The van der Waals surface area contributed by atoms with Crippen LogP contribution in [0.15, 0.2) is 24.3 Å². The number of aromatic nitrogens is 1. The van der Waals surface area contributed by atoms with Crippen LogP contribution in [-0.2, 0) is 16.0 Å². The van der Waals surface area contributed by atoms with Crippen molar-refractivity contribution in [1.29, 1.82) is 0 Å². The van der Waals surface area contributed by atoms with Crippen molar-refractivity contribution in [2.75, 3.05) is 25.0 Å². The molecule has 1 aliphatic heterocycles. The van der Waals surface area contributed by atoms with Crippen molar-refractivity contribution >= 4 is 22.4 Å². The predicted octanol–water partition coefficient (Wildman–Crippen LogP) is 3.00. The molecule has 128 valence electrons. The van der Waals surface area contributed by atoms with Crippen LogP contribution in [-0.4, -0.2) is 36.7 Å². The van der Waals surface area contributed by atoms with Gasteiger partial charge in [0.1, 0.15) is 6.10 Å². The Bertz CT molecular complexity index is 691. The summed E-state index contributed by atoms with van der Waals surface area (Å²) < 4.78 is 5.47. The van der Waals surface area contributed by atoms with Crippen molar-refractivity contribution < 1.29 is 9.53 Å². The predicted molar refractivity (Wildman–Crippen MR) is 97.5 cm³/mol. The Morgan fingerprint density at radius 2 is 2.21 bits per heavy atom. The molecule has 0 radical (unpaired) electrons. The number of anilines is 1. The van der Waals surface area contributed by atoms with Crippen molar-refractivity contribution in [3.63, 3.8) is 0 Å². The molecule has 2 heterocycles. The topological polar surface area (TPSA) is 63.2 Å². The van der Waals surface area contributed by atoms with Crippen molar-refractivity contribution in [2.24, 2.45) is 0 Å². The molecular formula is C18H23N3O2S. The van der Waals surface area contributed by atoms with Gasteiger partial charge in [-0.25, -0.2) is 4.98 Å². The van der Waals surface area contributed by atoms with Gasteiger partial charge in [-0.2, -0.15) is 0 Å². The van der Waals surface area contributed by atoms with Crippen LogP contribution in [0, 0.1) is 6.92 Å². The summed E-state index contributed by atoms with van der Waals surface area (Å²) in [5.41, 5.74) is 3.35. The molecule has 0 bridgehead atoms.